The first kappa shape index (κ1) is 14.2. The summed E-state index contributed by atoms with van der Waals surface area (Å²) in [5.41, 5.74) is 0.235. The van der Waals surface area contributed by atoms with E-state index in [2.05, 4.69) is 0 Å². The maximum atomic E-state index is 11.1. The average molecular weight is 296 g/mol. The maximum absolute atomic E-state index is 11.1. The molecule has 1 heterocycles. The van der Waals surface area contributed by atoms with Crippen LogP contribution >= 0.6 is 23.5 Å². The van der Waals surface area contributed by atoms with E-state index in [-0.39, 0.29) is 23.9 Å². The first-order valence-electron chi connectivity index (χ1n) is 5.60. The van der Waals surface area contributed by atoms with E-state index >= 15 is 0 Å². The van der Waals surface area contributed by atoms with Gasteiger partial charge in [0, 0.05) is 20.3 Å². The van der Waals surface area contributed by atoms with Crippen LogP contribution in [0.25, 0.3) is 0 Å². The molecule has 0 saturated heterocycles. The summed E-state index contributed by atoms with van der Waals surface area (Å²) in [5.74, 6) is -1.05. The van der Waals surface area contributed by atoms with E-state index in [4.69, 9.17) is 5.11 Å². The number of carboxylic acids is 1. The van der Waals surface area contributed by atoms with Crippen molar-refractivity contribution >= 4 is 35.8 Å². The Morgan fingerprint density at radius 2 is 2.00 bits per heavy atom. The van der Waals surface area contributed by atoms with Gasteiger partial charge in [0.05, 0.1) is 18.3 Å². The number of rotatable bonds is 4. The molecule has 4 nitrogen and oxygen atoms in total. The fourth-order valence-electron chi connectivity index (χ4n) is 1.77. The van der Waals surface area contributed by atoms with Crippen LogP contribution in [-0.2, 0) is 9.59 Å². The third-order valence-corrected chi connectivity index (χ3v) is 5.50. The van der Waals surface area contributed by atoms with Gasteiger partial charge in [0.25, 0.3) is 0 Å². The van der Waals surface area contributed by atoms with Crippen molar-refractivity contribution in [2.75, 3.05) is 6.61 Å². The van der Waals surface area contributed by atoms with Crippen molar-refractivity contribution < 1.29 is 19.8 Å². The van der Waals surface area contributed by atoms with Gasteiger partial charge in [-0.2, -0.15) is 0 Å². The molecular formula is C13H12O4S2. The van der Waals surface area contributed by atoms with Crippen molar-refractivity contribution in [2.24, 2.45) is 0 Å². The first-order valence-corrected chi connectivity index (χ1v) is 7.29. The van der Waals surface area contributed by atoms with Crippen molar-refractivity contribution in [3.05, 3.63) is 34.7 Å². The number of hydrogen-bond acceptors (Lipinski definition) is 5. The number of thioether (sulfide) groups is 2. The molecule has 1 atom stereocenters. The lowest BCUT2D eigenvalue weighted by Crippen LogP contribution is -2.17. The molecular weight excluding hydrogens is 284 g/mol. The fourth-order valence-corrected chi connectivity index (χ4v) is 4.31. The number of aldehydes is 1. The number of hydrogen-bond donors (Lipinski definition) is 2. The third kappa shape index (κ3) is 3.20. The molecule has 6 heteroatoms. The van der Waals surface area contributed by atoms with Crippen molar-refractivity contribution in [2.45, 2.75) is 21.5 Å². The number of fused-ring (bicyclic) bond motifs is 1. The van der Waals surface area contributed by atoms with Gasteiger partial charge < -0.3 is 10.2 Å². The molecule has 0 bridgehead atoms. The molecule has 2 rings (SSSR count). The van der Waals surface area contributed by atoms with Crippen molar-refractivity contribution in [1.29, 1.82) is 0 Å². The summed E-state index contributed by atoms with van der Waals surface area (Å²) in [5, 5.41) is 18.0. The molecule has 1 unspecified atom stereocenters. The number of benzene rings is 1. The molecule has 0 aliphatic carbocycles. The molecule has 1 aliphatic rings. The van der Waals surface area contributed by atoms with Gasteiger partial charge >= 0.3 is 5.97 Å². The Bertz CT molecular complexity index is 539. The average Bonchev–Trinajstić information content (AvgIpc) is 2.43. The Balaban J connectivity index is 2.41. The molecule has 0 aromatic heterocycles. The summed E-state index contributed by atoms with van der Waals surface area (Å²) in [6, 6.07) is 7.67. The Hall–Kier alpha value is -1.24. The second-order valence-corrected chi connectivity index (χ2v) is 6.24. The number of carbonyl (C=O) groups is 2. The first-order chi connectivity index (χ1) is 9.15. The van der Waals surface area contributed by atoms with Gasteiger partial charge in [-0.3, -0.25) is 9.59 Å². The van der Waals surface area contributed by atoms with E-state index in [1.54, 1.807) is 0 Å². The minimum Gasteiger partial charge on any atom is -0.481 e. The van der Waals surface area contributed by atoms with Crippen LogP contribution in [0.2, 0.25) is 0 Å². The predicted octanol–water partition coefficient (Wildman–Crippen LogP) is 2.17. The van der Waals surface area contributed by atoms with Crippen LogP contribution in [0.5, 0.6) is 0 Å². The summed E-state index contributed by atoms with van der Waals surface area (Å²) in [7, 11) is 0. The molecule has 1 aromatic rings. The lowest BCUT2D eigenvalue weighted by atomic mass is 10.1. The maximum Gasteiger partial charge on any atom is 0.307 e. The SMILES string of the molecule is O=C/C(CC(=O)O)=C1\Sc2ccccc2SC1CO. The van der Waals surface area contributed by atoms with E-state index < -0.39 is 5.97 Å². The normalized spacial score (nSPS) is 20.6. The van der Waals surface area contributed by atoms with Crippen LogP contribution in [0.15, 0.2) is 44.5 Å². The molecule has 0 saturated carbocycles. The summed E-state index contributed by atoms with van der Waals surface area (Å²) in [6.07, 6.45) is 0.263. The number of carbonyl (C=O) groups excluding carboxylic acids is 1. The molecule has 0 fully saturated rings. The highest BCUT2D eigenvalue weighted by Crippen LogP contribution is 2.48. The summed E-state index contributed by atoms with van der Waals surface area (Å²) < 4.78 is 0. The van der Waals surface area contributed by atoms with Crippen molar-refractivity contribution in [3.63, 3.8) is 0 Å². The van der Waals surface area contributed by atoms with E-state index in [9.17, 15) is 14.7 Å². The smallest absolute Gasteiger partial charge is 0.307 e. The zero-order valence-electron chi connectivity index (χ0n) is 9.91. The Morgan fingerprint density at radius 1 is 1.32 bits per heavy atom. The van der Waals surface area contributed by atoms with Crippen LogP contribution in [0.4, 0.5) is 0 Å². The van der Waals surface area contributed by atoms with Gasteiger partial charge in [-0.15, -0.1) is 11.8 Å². The Labute approximate surface area is 118 Å². The highest BCUT2D eigenvalue weighted by Gasteiger charge is 2.27. The summed E-state index contributed by atoms with van der Waals surface area (Å²) in [4.78, 5) is 24.5. The number of carboxylic acid groups (broad SMARTS) is 1. The standard InChI is InChI=1S/C13H12O4S2/c14-6-8(5-12(16)17)13-11(7-15)18-9-3-1-2-4-10(9)19-13/h1-4,6,11,15H,5,7H2,(H,16,17)/b13-8-. The molecule has 19 heavy (non-hydrogen) atoms. The topological polar surface area (TPSA) is 74.6 Å². The van der Waals surface area contributed by atoms with Gasteiger partial charge in [-0.05, 0) is 12.1 Å². The minimum absolute atomic E-state index is 0.127. The van der Waals surface area contributed by atoms with Crippen LogP contribution < -0.4 is 0 Å². The molecule has 1 aliphatic heterocycles. The third-order valence-electron chi connectivity index (χ3n) is 2.60. The predicted molar refractivity (Wildman–Crippen MR) is 74.4 cm³/mol. The highest BCUT2D eigenvalue weighted by atomic mass is 32.2. The van der Waals surface area contributed by atoms with Crippen LogP contribution in [0.1, 0.15) is 6.42 Å². The summed E-state index contributed by atoms with van der Waals surface area (Å²) in [6.45, 7) is -0.127. The number of aliphatic carboxylic acids is 1. The zero-order chi connectivity index (χ0) is 13.8. The molecule has 0 spiro atoms. The second kappa shape index (κ2) is 6.27. The summed E-state index contributed by atoms with van der Waals surface area (Å²) >= 11 is 2.82. The number of aliphatic hydroxyl groups excluding tert-OH is 1. The van der Waals surface area contributed by atoms with Crippen molar-refractivity contribution in [3.8, 4) is 0 Å². The fraction of sp³-hybridized carbons (Fsp3) is 0.231. The van der Waals surface area contributed by atoms with E-state index in [0.717, 1.165) is 9.79 Å². The van der Waals surface area contributed by atoms with Crippen LogP contribution in [0, 0.1) is 0 Å². The van der Waals surface area contributed by atoms with E-state index in [0.29, 0.717) is 11.2 Å². The van der Waals surface area contributed by atoms with Crippen molar-refractivity contribution in [1.82, 2.24) is 0 Å². The lowest BCUT2D eigenvalue weighted by molar-refractivity contribution is -0.136. The lowest BCUT2D eigenvalue weighted by Gasteiger charge is -2.26. The minimum atomic E-state index is -1.05. The molecule has 2 N–H and O–H groups in total. The Kier molecular flexibility index (Phi) is 4.68. The number of aliphatic hydroxyl groups is 1. The van der Waals surface area contributed by atoms with Crippen LogP contribution in [0.3, 0.4) is 0 Å². The Morgan fingerprint density at radius 3 is 2.58 bits per heavy atom. The van der Waals surface area contributed by atoms with Gasteiger partial charge in [-0.25, -0.2) is 0 Å². The van der Waals surface area contributed by atoms with E-state index in [1.807, 2.05) is 24.3 Å². The van der Waals surface area contributed by atoms with Gasteiger partial charge in [-0.1, -0.05) is 23.9 Å². The zero-order valence-corrected chi connectivity index (χ0v) is 11.5. The molecule has 100 valence electrons. The monoisotopic (exact) mass is 296 g/mol. The molecule has 1 aromatic carbocycles. The van der Waals surface area contributed by atoms with Gasteiger partial charge in [0.2, 0.25) is 0 Å². The van der Waals surface area contributed by atoms with Crippen LogP contribution in [-0.4, -0.2) is 34.3 Å². The largest absolute Gasteiger partial charge is 0.481 e. The molecule has 0 radical (unpaired) electrons. The van der Waals surface area contributed by atoms with Gasteiger partial charge in [0.1, 0.15) is 6.29 Å². The molecule has 0 amide bonds. The van der Waals surface area contributed by atoms with Gasteiger partial charge in [0.15, 0.2) is 0 Å². The van der Waals surface area contributed by atoms with E-state index in [1.165, 1.54) is 23.5 Å². The quantitative estimate of drug-likeness (QED) is 0.655. The highest BCUT2D eigenvalue weighted by molar-refractivity contribution is 8.08. The second-order valence-electron chi connectivity index (χ2n) is 3.92.